The summed E-state index contributed by atoms with van der Waals surface area (Å²) < 4.78 is 5.71. The van der Waals surface area contributed by atoms with Crippen molar-refractivity contribution in [2.75, 3.05) is 13.2 Å². The lowest BCUT2D eigenvalue weighted by atomic mass is 9.76. The Balaban J connectivity index is 2.58. The molecule has 1 unspecified atom stereocenters. The molecule has 0 N–H and O–H groups in total. The van der Waals surface area contributed by atoms with E-state index in [1.54, 1.807) is 0 Å². The first-order valence-corrected chi connectivity index (χ1v) is 7.00. The predicted octanol–water partition coefficient (Wildman–Crippen LogP) is 4.97. The molecule has 0 aliphatic heterocycles. The van der Waals surface area contributed by atoms with E-state index < -0.39 is 0 Å². The number of benzene rings is 2. The largest absolute Gasteiger partial charge is 0.380 e. The molecule has 108 valence electrons. The molecule has 0 amide bonds. The molecular weight excluding hydrogens is 262 g/mol. The molecular formula is C17H19N3O. The monoisotopic (exact) mass is 281 g/mol. The van der Waals surface area contributed by atoms with E-state index in [-0.39, 0.29) is 5.41 Å². The van der Waals surface area contributed by atoms with Crippen LogP contribution in [0.25, 0.3) is 10.4 Å². The molecule has 4 heteroatoms. The van der Waals surface area contributed by atoms with Crippen molar-refractivity contribution in [2.24, 2.45) is 5.11 Å². The van der Waals surface area contributed by atoms with Crippen LogP contribution >= 0.6 is 0 Å². The molecule has 2 rings (SSSR count). The summed E-state index contributed by atoms with van der Waals surface area (Å²) in [5.41, 5.74) is 11.2. The van der Waals surface area contributed by atoms with E-state index in [4.69, 9.17) is 10.3 Å². The first-order chi connectivity index (χ1) is 10.2. The molecule has 0 aliphatic rings. The number of hydrogen-bond acceptors (Lipinski definition) is 2. The van der Waals surface area contributed by atoms with Crippen LogP contribution in [-0.2, 0) is 10.2 Å². The molecule has 0 saturated heterocycles. The van der Waals surface area contributed by atoms with E-state index >= 15 is 0 Å². The van der Waals surface area contributed by atoms with Gasteiger partial charge in [0.1, 0.15) is 0 Å². The van der Waals surface area contributed by atoms with Crippen molar-refractivity contribution < 1.29 is 4.74 Å². The smallest absolute Gasteiger partial charge is 0.0600 e. The second-order valence-corrected chi connectivity index (χ2v) is 5.04. The average molecular weight is 281 g/mol. The fourth-order valence-corrected chi connectivity index (χ4v) is 2.50. The highest BCUT2D eigenvalue weighted by Gasteiger charge is 2.31. The van der Waals surface area contributed by atoms with Gasteiger partial charge in [0, 0.05) is 22.6 Å². The summed E-state index contributed by atoms with van der Waals surface area (Å²) in [6.45, 7) is 5.27. The molecule has 0 radical (unpaired) electrons. The van der Waals surface area contributed by atoms with Crippen LogP contribution in [0.15, 0.2) is 59.7 Å². The Morgan fingerprint density at radius 1 is 1.10 bits per heavy atom. The van der Waals surface area contributed by atoms with E-state index in [0.717, 1.165) is 11.1 Å². The Morgan fingerprint density at radius 3 is 2.43 bits per heavy atom. The highest BCUT2D eigenvalue weighted by atomic mass is 16.5. The minimum Gasteiger partial charge on any atom is -0.380 e. The summed E-state index contributed by atoms with van der Waals surface area (Å²) in [7, 11) is 0. The quantitative estimate of drug-likeness (QED) is 0.419. The second-order valence-electron chi connectivity index (χ2n) is 5.04. The predicted molar refractivity (Wildman–Crippen MR) is 84.6 cm³/mol. The third kappa shape index (κ3) is 3.24. The van der Waals surface area contributed by atoms with Crippen LogP contribution in [0.3, 0.4) is 0 Å². The van der Waals surface area contributed by atoms with Gasteiger partial charge in [-0.1, -0.05) is 59.7 Å². The normalized spacial score (nSPS) is 13.2. The van der Waals surface area contributed by atoms with Crippen LogP contribution in [0, 0.1) is 0 Å². The molecule has 0 heterocycles. The number of hydrogen-bond donors (Lipinski definition) is 0. The number of rotatable bonds is 6. The van der Waals surface area contributed by atoms with Crippen molar-refractivity contribution in [1.82, 2.24) is 0 Å². The molecule has 0 bridgehead atoms. The Labute approximate surface area is 125 Å². The Kier molecular flexibility index (Phi) is 4.99. The number of nitrogens with zero attached hydrogens (tertiary/aromatic N) is 3. The zero-order valence-electron chi connectivity index (χ0n) is 12.4. The maximum absolute atomic E-state index is 8.78. The molecule has 21 heavy (non-hydrogen) atoms. The van der Waals surface area contributed by atoms with Gasteiger partial charge in [0.25, 0.3) is 0 Å². The van der Waals surface area contributed by atoms with Crippen molar-refractivity contribution in [1.29, 1.82) is 0 Å². The first kappa shape index (κ1) is 15.1. The summed E-state index contributed by atoms with van der Waals surface area (Å²) in [4.78, 5) is 2.94. The van der Waals surface area contributed by atoms with Gasteiger partial charge in [-0.05, 0) is 30.5 Å². The van der Waals surface area contributed by atoms with Gasteiger partial charge in [0.15, 0.2) is 0 Å². The maximum Gasteiger partial charge on any atom is 0.0600 e. The van der Waals surface area contributed by atoms with Gasteiger partial charge in [-0.15, -0.1) is 0 Å². The standard InChI is InChI=1S/C17H19N3O/c1-3-21-13-17(2,14-9-5-4-6-10-14)15-11-7-8-12-16(15)19-20-18/h4-12H,3,13H2,1-2H3. The molecule has 2 aromatic carbocycles. The third-order valence-corrected chi connectivity index (χ3v) is 3.66. The lowest BCUT2D eigenvalue weighted by Gasteiger charge is -2.31. The minimum atomic E-state index is -0.359. The van der Waals surface area contributed by atoms with Crippen LogP contribution < -0.4 is 0 Å². The van der Waals surface area contributed by atoms with Crippen LogP contribution in [0.1, 0.15) is 25.0 Å². The van der Waals surface area contributed by atoms with Gasteiger partial charge in [-0.3, -0.25) is 0 Å². The zero-order chi connectivity index (χ0) is 15.1. The lowest BCUT2D eigenvalue weighted by Crippen LogP contribution is -2.30. The molecule has 2 aromatic rings. The zero-order valence-corrected chi connectivity index (χ0v) is 12.4. The van der Waals surface area contributed by atoms with E-state index in [0.29, 0.717) is 18.9 Å². The molecule has 1 atom stereocenters. The van der Waals surface area contributed by atoms with E-state index in [2.05, 4.69) is 29.1 Å². The minimum absolute atomic E-state index is 0.359. The second kappa shape index (κ2) is 6.93. The van der Waals surface area contributed by atoms with E-state index in [9.17, 15) is 0 Å². The number of ether oxygens (including phenoxy) is 1. The lowest BCUT2D eigenvalue weighted by molar-refractivity contribution is 0.113. The third-order valence-electron chi connectivity index (χ3n) is 3.66. The topological polar surface area (TPSA) is 58.0 Å². The van der Waals surface area contributed by atoms with Crippen LogP contribution in [0.4, 0.5) is 5.69 Å². The highest BCUT2D eigenvalue weighted by Crippen LogP contribution is 2.38. The average Bonchev–Trinajstić information content (AvgIpc) is 2.54. The summed E-state index contributed by atoms with van der Waals surface area (Å²) >= 11 is 0. The summed E-state index contributed by atoms with van der Waals surface area (Å²) in [6, 6.07) is 17.8. The Morgan fingerprint density at radius 2 is 1.76 bits per heavy atom. The van der Waals surface area contributed by atoms with E-state index in [1.807, 2.05) is 49.4 Å². The summed E-state index contributed by atoms with van der Waals surface area (Å²) in [5.74, 6) is 0. The van der Waals surface area contributed by atoms with Gasteiger partial charge in [0.2, 0.25) is 0 Å². The highest BCUT2D eigenvalue weighted by molar-refractivity contribution is 5.54. The van der Waals surface area contributed by atoms with Crippen molar-refractivity contribution >= 4 is 5.69 Å². The van der Waals surface area contributed by atoms with E-state index in [1.165, 1.54) is 0 Å². The number of azide groups is 1. The van der Waals surface area contributed by atoms with Gasteiger partial charge in [-0.2, -0.15) is 0 Å². The van der Waals surface area contributed by atoms with Gasteiger partial charge >= 0.3 is 0 Å². The van der Waals surface area contributed by atoms with Gasteiger partial charge in [0.05, 0.1) is 6.61 Å². The van der Waals surface area contributed by atoms with Crippen LogP contribution in [0.2, 0.25) is 0 Å². The van der Waals surface area contributed by atoms with Crippen molar-refractivity contribution in [2.45, 2.75) is 19.3 Å². The Bertz CT molecular complexity index is 635. The van der Waals surface area contributed by atoms with Crippen molar-refractivity contribution in [3.8, 4) is 0 Å². The molecule has 0 aliphatic carbocycles. The SMILES string of the molecule is CCOCC(C)(c1ccccc1)c1ccccc1N=[N+]=[N-]. The fourth-order valence-electron chi connectivity index (χ4n) is 2.50. The molecule has 0 spiro atoms. The van der Waals surface area contributed by atoms with Crippen molar-refractivity contribution in [3.63, 3.8) is 0 Å². The molecule has 0 saturated carbocycles. The van der Waals surface area contributed by atoms with Gasteiger partial charge in [-0.25, -0.2) is 0 Å². The van der Waals surface area contributed by atoms with Crippen molar-refractivity contribution in [3.05, 3.63) is 76.2 Å². The molecule has 4 nitrogen and oxygen atoms in total. The van der Waals surface area contributed by atoms with Crippen LogP contribution in [0.5, 0.6) is 0 Å². The molecule has 0 aromatic heterocycles. The van der Waals surface area contributed by atoms with Gasteiger partial charge < -0.3 is 4.74 Å². The first-order valence-electron chi connectivity index (χ1n) is 7.00. The Hall–Kier alpha value is -2.29. The molecule has 0 fully saturated rings. The summed E-state index contributed by atoms with van der Waals surface area (Å²) in [6.07, 6.45) is 0. The maximum atomic E-state index is 8.78. The fraction of sp³-hybridized carbons (Fsp3) is 0.294. The summed E-state index contributed by atoms with van der Waals surface area (Å²) in [5, 5.41) is 3.83. The van der Waals surface area contributed by atoms with Crippen LogP contribution in [-0.4, -0.2) is 13.2 Å².